The Hall–Kier alpha value is -1.34. The Balaban J connectivity index is 2.91. The lowest BCUT2D eigenvalue weighted by Crippen LogP contribution is -2.39. The first kappa shape index (κ1) is 14.7. The number of primary amides is 1. The van der Waals surface area contributed by atoms with E-state index in [-0.39, 0.29) is 10.6 Å². The molecule has 18 heavy (non-hydrogen) atoms. The number of hydrogen-bond acceptors (Lipinski definition) is 2. The first-order valence-electron chi connectivity index (χ1n) is 4.75. The molecule has 0 heterocycles. The van der Waals surface area contributed by atoms with Gasteiger partial charge in [0.15, 0.2) is 0 Å². The van der Waals surface area contributed by atoms with Gasteiger partial charge in [0.2, 0.25) is 5.91 Å². The van der Waals surface area contributed by atoms with Crippen molar-refractivity contribution in [1.82, 2.24) is 5.32 Å². The summed E-state index contributed by atoms with van der Waals surface area (Å²) in [4.78, 5) is 11.0. The Morgan fingerprint density at radius 2 is 2.06 bits per heavy atom. The van der Waals surface area contributed by atoms with E-state index in [4.69, 9.17) is 17.3 Å². The lowest BCUT2D eigenvalue weighted by molar-refractivity contribution is -0.130. The van der Waals surface area contributed by atoms with Gasteiger partial charge in [0, 0.05) is 0 Å². The van der Waals surface area contributed by atoms with Gasteiger partial charge in [-0.15, -0.1) is 0 Å². The Bertz CT molecular complexity index is 450. The minimum absolute atomic E-state index is 0.0198. The summed E-state index contributed by atoms with van der Waals surface area (Å²) in [6, 6.07) is 1.79. The van der Waals surface area contributed by atoms with E-state index in [2.05, 4.69) is 0 Å². The molecule has 0 aliphatic carbocycles. The average Bonchev–Trinajstić information content (AvgIpc) is 2.21. The number of benzene rings is 1. The zero-order valence-electron chi connectivity index (χ0n) is 8.89. The highest BCUT2D eigenvalue weighted by atomic mass is 35.5. The molecule has 100 valence electrons. The zero-order valence-corrected chi connectivity index (χ0v) is 9.65. The zero-order chi connectivity index (χ0) is 13.9. The largest absolute Gasteiger partial charge is 0.401 e. The average molecular weight is 285 g/mol. The fourth-order valence-electron chi connectivity index (χ4n) is 1.29. The van der Waals surface area contributed by atoms with Gasteiger partial charge >= 0.3 is 6.18 Å². The van der Waals surface area contributed by atoms with Gasteiger partial charge in [0.1, 0.15) is 11.9 Å². The topological polar surface area (TPSA) is 55.1 Å². The maximum absolute atomic E-state index is 13.1. The fraction of sp³-hybridized carbons (Fsp3) is 0.300. The summed E-state index contributed by atoms with van der Waals surface area (Å²) >= 11 is 5.42. The molecule has 1 unspecified atom stereocenters. The molecule has 3 nitrogen and oxygen atoms in total. The molecule has 1 aromatic carbocycles. The Morgan fingerprint density at radius 3 is 2.50 bits per heavy atom. The van der Waals surface area contributed by atoms with Crippen LogP contribution in [0.25, 0.3) is 0 Å². The number of carbonyl (C=O) groups is 1. The molecule has 1 amide bonds. The van der Waals surface area contributed by atoms with Crippen molar-refractivity contribution in [3.63, 3.8) is 0 Å². The van der Waals surface area contributed by atoms with E-state index < -0.39 is 30.5 Å². The lowest BCUT2D eigenvalue weighted by atomic mass is 10.1. The van der Waals surface area contributed by atoms with Crippen LogP contribution in [0, 0.1) is 5.82 Å². The van der Waals surface area contributed by atoms with E-state index in [1.165, 1.54) is 6.07 Å². The van der Waals surface area contributed by atoms with E-state index in [9.17, 15) is 22.4 Å². The summed E-state index contributed by atoms with van der Waals surface area (Å²) in [5.41, 5.74) is 4.94. The third-order valence-electron chi connectivity index (χ3n) is 2.07. The monoisotopic (exact) mass is 284 g/mol. The first-order valence-corrected chi connectivity index (χ1v) is 5.13. The number of halogens is 5. The van der Waals surface area contributed by atoms with Crippen LogP contribution in [0.4, 0.5) is 17.6 Å². The number of nitrogens with two attached hydrogens (primary N) is 1. The molecule has 1 aromatic rings. The Labute approximate surface area is 105 Å². The standard InChI is InChI=1S/C10H9ClF4N2O/c11-6-2-1-5(3-7(6)12)8(9(16)18)17-4-10(13,14)15/h1-3,8,17H,4H2,(H2,16,18). The van der Waals surface area contributed by atoms with Crippen molar-refractivity contribution in [2.45, 2.75) is 12.2 Å². The minimum Gasteiger partial charge on any atom is -0.368 e. The van der Waals surface area contributed by atoms with Crippen LogP contribution in [0.2, 0.25) is 5.02 Å². The van der Waals surface area contributed by atoms with E-state index in [0.29, 0.717) is 0 Å². The van der Waals surface area contributed by atoms with Crippen LogP contribution >= 0.6 is 11.6 Å². The van der Waals surface area contributed by atoms with Crippen molar-refractivity contribution in [2.75, 3.05) is 6.54 Å². The van der Waals surface area contributed by atoms with Gasteiger partial charge in [-0.2, -0.15) is 13.2 Å². The van der Waals surface area contributed by atoms with Crippen molar-refractivity contribution in [3.05, 3.63) is 34.6 Å². The molecule has 0 aliphatic rings. The van der Waals surface area contributed by atoms with Crippen molar-refractivity contribution in [1.29, 1.82) is 0 Å². The second-order valence-corrected chi connectivity index (χ2v) is 3.91. The molecule has 0 aromatic heterocycles. The van der Waals surface area contributed by atoms with Crippen molar-refractivity contribution in [3.8, 4) is 0 Å². The van der Waals surface area contributed by atoms with Crippen LogP contribution in [-0.4, -0.2) is 18.6 Å². The van der Waals surface area contributed by atoms with Gasteiger partial charge in [0.25, 0.3) is 0 Å². The third-order valence-corrected chi connectivity index (χ3v) is 2.37. The molecule has 0 saturated carbocycles. The van der Waals surface area contributed by atoms with Crippen molar-refractivity contribution < 1.29 is 22.4 Å². The summed E-state index contributed by atoms with van der Waals surface area (Å²) in [7, 11) is 0. The molecule has 0 saturated heterocycles. The van der Waals surface area contributed by atoms with Gasteiger partial charge < -0.3 is 5.73 Å². The normalized spacial score (nSPS) is 13.4. The third kappa shape index (κ3) is 4.15. The van der Waals surface area contributed by atoms with Crippen LogP contribution in [-0.2, 0) is 4.79 Å². The van der Waals surface area contributed by atoms with Crippen molar-refractivity contribution in [2.24, 2.45) is 5.73 Å². The second kappa shape index (κ2) is 5.53. The number of alkyl halides is 3. The summed E-state index contributed by atoms with van der Waals surface area (Å²) < 4.78 is 49.2. The van der Waals surface area contributed by atoms with Gasteiger partial charge in [-0.25, -0.2) is 4.39 Å². The van der Waals surface area contributed by atoms with Gasteiger partial charge in [-0.05, 0) is 17.7 Å². The van der Waals surface area contributed by atoms with Gasteiger partial charge in [-0.1, -0.05) is 17.7 Å². The number of amides is 1. The maximum Gasteiger partial charge on any atom is 0.401 e. The second-order valence-electron chi connectivity index (χ2n) is 3.51. The van der Waals surface area contributed by atoms with E-state index in [0.717, 1.165) is 12.1 Å². The van der Waals surface area contributed by atoms with Crippen LogP contribution < -0.4 is 11.1 Å². The molecule has 0 fully saturated rings. The quantitative estimate of drug-likeness (QED) is 0.833. The van der Waals surface area contributed by atoms with Gasteiger partial charge in [0.05, 0.1) is 11.6 Å². The summed E-state index contributed by atoms with van der Waals surface area (Å²) in [6.07, 6.45) is -4.50. The molecule has 1 atom stereocenters. The Morgan fingerprint density at radius 1 is 1.44 bits per heavy atom. The molecule has 1 rings (SSSR count). The minimum atomic E-state index is -4.50. The van der Waals surface area contributed by atoms with Gasteiger partial charge in [-0.3, -0.25) is 10.1 Å². The van der Waals surface area contributed by atoms with E-state index in [1.54, 1.807) is 0 Å². The highest BCUT2D eigenvalue weighted by Gasteiger charge is 2.30. The molecule has 3 N–H and O–H groups in total. The van der Waals surface area contributed by atoms with E-state index in [1.807, 2.05) is 5.32 Å². The molecular formula is C10H9ClF4N2O. The maximum atomic E-state index is 13.1. The lowest BCUT2D eigenvalue weighted by Gasteiger charge is -2.17. The number of carbonyl (C=O) groups excluding carboxylic acids is 1. The fourth-order valence-corrected chi connectivity index (χ4v) is 1.41. The smallest absolute Gasteiger partial charge is 0.368 e. The number of nitrogens with one attached hydrogen (secondary N) is 1. The van der Waals surface area contributed by atoms with Crippen LogP contribution in [0.3, 0.4) is 0 Å². The summed E-state index contributed by atoms with van der Waals surface area (Å²) in [5.74, 6) is -1.88. The molecule has 8 heteroatoms. The molecule has 0 aliphatic heterocycles. The predicted molar refractivity (Wildman–Crippen MR) is 57.4 cm³/mol. The molecule has 0 bridgehead atoms. The van der Waals surface area contributed by atoms with Crippen LogP contribution in [0.15, 0.2) is 18.2 Å². The summed E-state index contributed by atoms with van der Waals surface area (Å²) in [5, 5.41) is 1.72. The predicted octanol–water partition coefficient (Wildman–Crippen LogP) is 2.16. The SMILES string of the molecule is NC(=O)C(NCC(F)(F)F)c1ccc(Cl)c(F)c1. The van der Waals surface area contributed by atoms with Crippen LogP contribution in [0.5, 0.6) is 0 Å². The van der Waals surface area contributed by atoms with E-state index >= 15 is 0 Å². The molecule has 0 radical (unpaired) electrons. The molecular weight excluding hydrogens is 276 g/mol. The summed E-state index contributed by atoms with van der Waals surface area (Å²) in [6.45, 7) is -1.41. The van der Waals surface area contributed by atoms with Crippen molar-refractivity contribution >= 4 is 17.5 Å². The number of rotatable bonds is 4. The number of hydrogen-bond donors (Lipinski definition) is 2. The Kier molecular flexibility index (Phi) is 4.53. The van der Waals surface area contributed by atoms with Crippen LogP contribution in [0.1, 0.15) is 11.6 Å². The highest BCUT2D eigenvalue weighted by Crippen LogP contribution is 2.21. The highest BCUT2D eigenvalue weighted by molar-refractivity contribution is 6.30. The first-order chi connectivity index (χ1) is 8.20. The molecule has 0 spiro atoms.